The van der Waals surface area contributed by atoms with Gasteiger partial charge in [0.15, 0.2) is 0 Å². The minimum Gasteiger partial charge on any atom is -0.486 e. The molecule has 1 aromatic carbocycles. The van der Waals surface area contributed by atoms with Gasteiger partial charge >= 0.3 is 0 Å². The van der Waals surface area contributed by atoms with Gasteiger partial charge in [0.25, 0.3) is 0 Å². The first-order valence-corrected chi connectivity index (χ1v) is 6.84. The lowest BCUT2D eigenvalue weighted by Crippen LogP contribution is -2.40. The van der Waals surface area contributed by atoms with Gasteiger partial charge in [-0.05, 0) is 37.0 Å². The standard InChI is InChI=1S/C15H23NO/c1-4-7-14-12(6-3)16-13-10-11(5-2)8-9-15(13)17-14/h8-10,12,14,16H,4-7H2,1-3H3. The Hall–Kier alpha value is -1.18. The summed E-state index contributed by atoms with van der Waals surface area (Å²) in [4.78, 5) is 0. The number of fused-ring (bicyclic) bond motifs is 1. The smallest absolute Gasteiger partial charge is 0.142 e. The third-order valence-corrected chi connectivity index (χ3v) is 3.53. The van der Waals surface area contributed by atoms with Gasteiger partial charge in [0, 0.05) is 0 Å². The van der Waals surface area contributed by atoms with Crippen molar-refractivity contribution in [3.8, 4) is 5.75 Å². The number of hydrogen-bond donors (Lipinski definition) is 1. The first-order valence-electron chi connectivity index (χ1n) is 6.84. The van der Waals surface area contributed by atoms with Crippen LogP contribution in [-0.4, -0.2) is 12.1 Å². The summed E-state index contributed by atoms with van der Waals surface area (Å²) in [6, 6.07) is 6.95. The van der Waals surface area contributed by atoms with Crippen molar-refractivity contribution in [3.05, 3.63) is 23.8 Å². The maximum absolute atomic E-state index is 6.11. The molecule has 0 aromatic heterocycles. The summed E-state index contributed by atoms with van der Waals surface area (Å²) in [6.45, 7) is 6.62. The lowest BCUT2D eigenvalue weighted by molar-refractivity contribution is 0.155. The van der Waals surface area contributed by atoms with Crippen molar-refractivity contribution in [3.63, 3.8) is 0 Å². The lowest BCUT2D eigenvalue weighted by Gasteiger charge is -2.35. The van der Waals surface area contributed by atoms with Gasteiger partial charge in [-0.15, -0.1) is 0 Å². The number of nitrogens with one attached hydrogen (secondary N) is 1. The molecule has 0 spiro atoms. The summed E-state index contributed by atoms with van der Waals surface area (Å²) in [6.07, 6.45) is 4.81. The van der Waals surface area contributed by atoms with Gasteiger partial charge < -0.3 is 10.1 Å². The number of benzene rings is 1. The second-order valence-electron chi connectivity index (χ2n) is 4.79. The fraction of sp³-hybridized carbons (Fsp3) is 0.600. The Morgan fingerprint density at radius 3 is 2.71 bits per heavy atom. The normalized spacial score (nSPS) is 22.5. The van der Waals surface area contributed by atoms with E-state index in [1.807, 2.05) is 0 Å². The zero-order valence-electron chi connectivity index (χ0n) is 11.1. The van der Waals surface area contributed by atoms with Crippen LogP contribution in [-0.2, 0) is 6.42 Å². The van der Waals surface area contributed by atoms with Crippen LogP contribution in [0.4, 0.5) is 5.69 Å². The van der Waals surface area contributed by atoms with E-state index in [-0.39, 0.29) is 0 Å². The number of ether oxygens (including phenoxy) is 1. The Labute approximate surface area is 104 Å². The van der Waals surface area contributed by atoms with Crippen LogP contribution >= 0.6 is 0 Å². The maximum atomic E-state index is 6.11. The largest absolute Gasteiger partial charge is 0.486 e. The molecule has 2 rings (SSSR count). The van der Waals surface area contributed by atoms with Gasteiger partial charge in [0.2, 0.25) is 0 Å². The van der Waals surface area contributed by atoms with E-state index in [2.05, 4.69) is 44.3 Å². The summed E-state index contributed by atoms with van der Waals surface area (Å²) in [5.74, 6) is 1.02. The summed E-state index contributed by atoms with van der Waals surface area (Å²) in [5.41, 5.74) is 2.53. The summed E-state index contributed by atoms with van der Waals surface area (Å²) in [7, 11) is 0. The molecule has 17 heavy (non-hydrogen) atoms. The Morgan fingerprint density at radius 2 is 2.06 bits per heavy atom. The van der Waals surface area contributed by atoms with Crippen molar-refractivity contribution < 1.29 is 4.74 Å². The van der Waals surface area contributed by atoms with Crippen molar-refractivity contribution in [1.82, 2.24) is 0 Å². The van der Waals surface area contributed by atoms with Crippen molar-refractivity contribution in [1.29, 1.82) is 0 Å². The van der Waals surface area contributed by atoms with Crippen molar-refractivity contribution in [2.45, 2.75) is 58.6 Å². The highest BCUT2D eigenvalue weighted by molar-refractivity contribution is 5.60. The lowest BCUT2D eigenvalue weighted by atomic mass is 10.0. The van der Waals surface area contributed by atoms with Gasteiger partial charge in [0.05, 0.1) is 11.7 Å². The molecule has 0 fully saturated rings. The Kier molecular flexibility index (Phi) is 3.93. The molecule has 0 radical (unpaired) electrons. The number of rotatable bonds is 4. The van der Waals surface area contributed by atoms with Crippen LogP contribution in [0.5, 0.6) is 5.75 Å². The maximum Gasteiger partial charge on any atom is 0.142 e. The molecule has 0 aliphatic carbocycles. The highest BCUT2D eigenvalue weighted by atomic mass is 16.5. The minimum atomic E-state index is 0.324. The van der Waals surface area contributed by atoms with Gasteiger partial charge in [-0.25, -0.2) is 0 Å². The molecule has 0 saturated carbocycles. The molecule has 2 atom stereocenters. The fourth-order valence-corrected chi connectivity index (χ4v) is 2.46. The van der Waals surface area contributed by atoms with Crippen LogP contribution in [0.2, 0.25) is 0 Å². The van der Waals surface area contributed by atoms with Gasteiger partial charge in [-0.1, -0.05) is 33.3 Å². The average Bonchev–Trinajstić information content (AvgIpc) is 2.37. The van der Waals surface area contributed by atoms with Crippen molar-refractivity contribution in [2.75, 3.05) is 5.32 Å². The first-order chi connectivity index (χ1) is 8.28. The van der Waals surface area contributed by atoms with Crippen molar-refractivity contribution in [2.24, 2.45) is 0 Å². The second-order valence-corrected chi connectivity index (χ2v) is 4.79. The fourth-order valence-electron chi connectivity index (χ4n) is 2.46. The Morgan fingerprint density at radius 1 is 1.24 bits per heavy atom. The van der Waals surface area contributed by atoms with E-state index in [9.17, 15) is 0 Å². The third kappa shape index (κ3) is 2.56. The van der Waals surface area contributed by atoms with E-state index in [4.69, 9.17) is 4.74 Å². The molecule has 1 aliphatic heterocycles. The van der Waals surface area contributed by atoms with Gasteiger partial charge in [-0.2, -0.15) is 0 Å². The molecule has 0 bridgehead atoms. The molecule has 94 valence electrons. The number of anilines is 1. The number of aryl methyl sites for hydroxylation is 1. The molecule has 1 N–H and O–H groups in total. The van der Waals surface area contributed by atoms with E-state index >= 15 is 0 Å². The summed E-state index contributed by atoms with van der Waals surface area (Å²) < 4.78 is 6.11. The second kappa shape index (κ2) is 5.44. The zero-order chi connectivity index (χ0) is 12.3. The molecule has 0 saturated heterocycles. The highest BCUT2D eigenvalue weighted by Gasteiger charge is 2.27. The SMILES string of the molecule is CCCC1Oc2ccc(CC)cc2NC1CC. The van der Waals surface area contributed by atoms with Crippen LogP contribution in [0, 0.1) is 0 Å². The minimum absolute atomic E-state index is 0.324. The molecule has 1 aromatic rings. The van der Waals surface area contributed by atoms with E-state index in [1.54, 1.807) is 0 Å². The van der Waals surface area contributed by atoms with Crippen LogP contribution < -0.4 is 10.1 Å². The monoisotopic (exact) mass is 233 g/mol. The molecular weight excluding hydrogens is 210 g/mol. The average molecular weight is 233 g/mol. The molecule has 2 unspecified atom stereocenters. The molecular formula is C15H23NO. The van der Waals surface area contributed by atoms with Crippen molar-refractivity contribution >= 4 is 5.69 Å². The van der Waals surface area contributed by atoms with Crippen LogP contribution in [0.15, 0.2) is 18.2 Å². The van der Waals surface area contributed by atoms with E-state index < -0.39 is 0 Å². The van der Waals surface area contributed by atoms with Gasteiger partial charge in [0.1, 0.15) is 11.9 Å². The van der Waals surface area contributed by atoms with Crippen LogP contribution in [0.25, 0.3) is 0 Å². The highest BCUT2D eigenvalue weighted by Crippen LogP contribution is 2.34. The predicted molar refractivity (Wildman–Crippen MR) is 72.8 cm³/mol. The molecule has 0 amide bonds. The Bertz CT molecular complexity index is 375. The summed E-state index contributed by atoms with van der Waals surface area (Å²) in [5, 5.41) is 3.63. The summed E-state index contributed by atoms with van der Waals surface area (Å²) >= 11 is 0. The molecule has 1 aliphatic rings. The van der Waals surface area contributed by atoms with Crippen LogP contribution in [0.3, 0.4) is 0 Å². The topological polar surface area (TPSA) is 21.3 Å². The Balaban J connectivity index is 2.22. The number of hydrogen-bond acceptors (Lipinski definition) is 2. The van der Waals surface area contributed by atoms with Crippen LogP contribution in [0.1, 0.15) is 45.6 Å². The molecule has 2 heteroatoms. The zero-order valence-corrected chi connectivity index (χ0v) is 11.1. The van der Waals surface area contributed by atoms with Gasteiger partial charge in [-0.3, -0.25) is 0 Å². The molecule has 2 nitrogen and oxygen atoms in total. The first kappa shape index (κ1) is 12.3. The quantitative estimate of drug-likeness (QED) is 0.848. The predicted octanol–water partition coefficient (Wildman–Crippen LogP) is 4.00. The molecule has 1 heterocycles. The third-order valence-electron chi connectivity index (χ3n) is 3.53. The van der Waals surface area contributed by atoms with E-state index in [0.717, 1.165) is 25.0 Å². The van der Waals surface area contributed by atoms with E-state index in [0.29, 0.717) is 12.1 Å². The van der Waals surface area contributed by atoms with E-state index in [1.165, 1.54) is 17.7 Å².